The average Bonchev–Trinajstić information content (AvgIpc) is 2.92. The van der Waals surface area contributed by atoms with Crippen LogP contribution in [-0.4, -0.2) is 31.3 Å². The third kappa shape index (κ3) is 5.29. The highest BCUT2D eigenvalue weighted by Gasteiger charge is 2.17. The number of pyridine rings is 1. The van der Waals surface area contributed by atoms with E-state index < -0.39 is 10.0 Å². The summed E-state index contributed by atoms with van der Waals surface area (Å²) in [6.45, 7) is 0.508. The molecule has 0 aliphatic carbocycles. The van der Waals surface area contributed by atoms with E-state index >= 15 is 0 Å². The van der Waals surface area contributed by atoms with Crippen molar-refractivity contribution in [3.05, 3.63) is 59.0 Å². The summed E-state index contributed by atoms with van der Waals surface area (Å²) in [7, 11) is -3.71. The van der Waals surface area contributed by atoms with Gasteiger partial charge in [-0.1, -0.05) is 12.5 Å². The number of rotatable bonds is 5. The summed E-state index contributed by atoms with van der Waals surface area (Å²) in [5.41, 5.74) is 0.173. The number of amides is 1. The van der Waals surface area contributed by atoms with Crippen molar-refractivity contribution in [3.63, 3.8) is 0 Å². The van der Waals surface area contributed by atoms with Crippen LogP contribution in [0, 0.1) is 0 Å². The van der Waals surface area contributed by atoms with Crippen LogP contribution in [0.1, 0.15) is 25.7 Å². The lowest BCUT2D eigenvalue weighted by Gasteiger charge is -2.11. The van der Waals surface area contributed by atoms with E-state index in [1.54, 1.807) is 12.1 Å². The summed E-state index contributed by atoms with van der Waals surface area (Å²) < 4.78 is 28.8. The fraction of sp³-hybridized carbons (Fsp3) is 0.316. The molecule has 0 spiro atoms. The summed E-state index contributed by atoms with van der Waals surface area (Å²) in [4.78, 5) is 28.1. The minimum Gasteiger partial charge on any atom is -0.325 e. The first-order valence-corrected chi connectivity index (χ1v) is 10.5. The topological polar surface area (TPSA) is 110 Å². The van der Waals surface area contributed by atoms with Gasteiger partial charge in [0.2, 0.25) is 5.91 Å². The van der Waals surface area contributed by atoms with E-state index in [4.69, 9.17) is 0 Å². The van der Waals surface area contributed by atoms with Gasteiger partial charge >= 0.3 is 0 Å². The zero-order valence-electron chi connectivity index (χ0n) is 15.3. The van der Waals surface area contributed by atoms with Crippen LogP contribution in [0.4, 0.5) is 5.69 Å². The summed E-state index contributed by atoms with van der Waals surface area (Å²) in [5, 5.41) is 2.65. The van der Waals surface area contributed by atoms with Crippen molar-refractivity contribution in [1.29, 1.82) is 0 Å². The Labute approximate surface area is 163 Å². The van der Waals surface area contributed by atoms with E-state index in [1.807, 2.05) is 0 Å². The molecule has 3 rings (SSSR count). The lowest BCUT2D eigenvalue weighted by molar-refractivity contribution is -0.116. The Hall–Kier alpha value is -2.94. The SMILES string of the molecule is O=C(Cn1ccccc1=O)Nc1ccc(S(=O)(=O)NC2=NCCCCC2)cc1. The summed E-state index contributed by atoms with van der Waals surface area (Å²) in [6.07, 6.45) is 5.06. The van der Waals surface area contributed by atoms with E-state index in [1.165, 1.54) is 41.1 Å². The predicted molar refractivity (Wildman–Crippen MR) is 107 cm³/mol. The number of amidine groups is 1. The number of carbonyl (C=O) groups excluding carboxylic acids is 1. The molecule has 0 radical (unpaired) electrons. The van der Waals surface area contributed by atoms with Gasteiger partial charge in [-0.15, -0.1) is 0 Å². The first-order chi connectivity index (χ1) is 13.4. The minimum absolute atomic E-state index is 0.0942. The number of anilines is 1. The Balaban J connectivity index is 1.64. The van der Waals surface area contributed by atoms with Crippen molar-refractivity contribution in [1.82, 2.24) is 9.29 Å². The zero-order chi connectivity index (χ0) is 20.0. The number of hydrogen-bond donors (Lipinski definition) is 2. The Bertz CT molecular complexity index is 1030. The molecule has 1 aliphatic heterocycles. The highest BCUT2D eigenvalue weighted by molar-refractivity contribution is 7.90. The molecule has 2 N–H and O–H groups in total. The van der Waals surface area contributed by atoms with Crippen LogP contribution in [0.5, 0.6) is 0 Å². The van der Waals surface area contributed by atoms with Crippen molar-refractivity contribution < 1.29 is 13.2 Å². The smallest absolute Gasteiger partial charge is 0.262 e. The maximum Gasteiger partial charge on any atom is 0.262 e. The zero-order valence-corrected chi connectivity index (χ0v) is 16.1. The largest absolute Gasteiger partial charge is 0.325 e. The van der Waals surface area contributed by atoms with Gasteiger partial charge < -0.3 is 9.88 Å². The number of sulfonamides is 1. The van der Waals surface area contributed by atoms with Crippen LogP contribution in [-0.2, 0) is 21.4 Å². The van der Waals surface area contributed by atoms with Gasteiger partial charge in [0.15, 0.2) is 0 Å². The average molecular weight is 402 g/mol. The molecule has 0 bridgehead atoms. The monoisotopic (exact) mass is 402 g/mol. The number of carbonyl (C=O) groups is 1. The second-order valence-corrected chi connectivity index (χ2v) is 8.17. The third-order valence-electron chi connectivity index (χ3n) is 4.29. The summed E-state index contributed by atoms with van der Waals surface area (Å²) >= 11 is 0. The molecule has 1 aromatic heterocycles. The quantitative estimate of drug-likeness (QED) is 0.794. The second kappa shape index (κ2) is 8.83. The second-order valence-electron chi connectivity index (χ2n) is 6.48. The van der Waals surface area contributed by atoms with Crippen LogP contribution >= 0.6 is 0 Å². The van der Waals surface area contributed by atoms with Crippen LogP contribution in [0.3, 0.4) is 0 Å². The number of benzene rings is 1. The Kier molecular flexibility index (Phi) is 6.25. The van der Waals surface area contributed by atoms with Crippen LogP contribution < -0.4 is 15.6 Å². The van der Waals surface area contributed by atoms with Gasteiger partial charge in [-0.2, -0.15) is 0 Å². The van der Waals surface area contributed by atoms with Crippen LogP contribution in [0.2, 0.25) is 0 Å². The molecular weight excluding hydrogens is 380 g/mol. The lowest BCUT2D eigenvalue weighted by Crippen LogP contribution is -2.30. The molecule has 0 saturated carbocycles. The Morgan fingerprint density at radius 2 is 1.86 bits per heavy atom. The molecule has 0 fully saturated rings. The van der Waals surface area contributed by atoms with Crippen LogP contribution in [0.15, 0.2) is 63.3 Å². The van der Waals surface area contributed by atoms with Gasteiger partial charge in [0, 0.05) is 30.9 Å². The number of nitrogens with zero attached hydrogens (tertiary/aromatic N) is 2. The fourth-order valence-corrected chi connectivity index (χ4v) is 3.92. The van der Waals surface area contributed by atoms with Crippen LogP contribution in [0.25, 0.3) is 0 Å². The summed E-state index contributed by atoms with van der Waals surface area (Å²) in [6, 6.07) is 10.5. The highest BCUT2D eigenvalue weighted by Crippen LogP contribution is 2.15. The van der Waals surface area contributed by atoms with E-state index in [2.05, 4.69) is 15.0 Å². The van der Waals surface area contributed by atoms with Crippen molar-refractivity contribution in [2.45, 2.75) is 37.1 Å². The standard InChI is InChI=1S/C19H22N4O4S/c24-18(14-23-13-5-3-7-19(23)25)21-15-8-10-16(11-9-15)28(26,27)22-17-6-2-1-4-12-20-17/h3,5,7-11,13H,1-2,4,6,12,14H2,(H,20,22)(H,21,24). The number of hydrogen-bond acceptors (Lipinski definition) is 5. The first kappa shape index (κ1) is 19.8. The molecule has 148 valence electrons. The fourth-order valence-electron chi connectivity index (χ4n) is 2.84. The number of nitrogens with one attached hydrogen (secondary N) is 2. The normalized spacial score (nSPS) is 14.6. The Morgan fingerprint density at radius 3 is 2.61 bits per heavy atom. The van der Waals surface area contributed by atoms with Gasteiger partial charge in [-0.05, 0) is 43.2 Å². The van der Waals surface area contributed by atoms with Crippen molar-refractivity contribution in [3.8, 4) is 0 Å². The van der Waals surface area contributed by atoms with Gasteiger partial charge in [0.05, 0.1) is 4.90 Å². The maximum atomic E-state index is 12.5. The van der Waals surface area contributed by atoms with E-state index in [-0.39, 0.29) is 22.9 Å². The van der Waals surface area contributed by atoms with Crippen molar-refractivity contribution >= 4 is 27.5 Å². The molecule has 8 nitrogen and oxygen atoms in total. The first-order valence-electron chi connectivity index (χ1n) is 9.05. The molecule has 0 unspecified atom stereocenters. The van der Waals surface area contributed by atoms with Gasteiger partial charge in [-0.25, -0.2) is 8.42 Å². The highest BCUT2D eigenvalue weighted by atomic mass is 32.2. The van der Waals surface area contributed by atoms with Gasteiger partial charge in [0.1, 0.15) is 12.4 Å². The van der Waals surface area contributed by atoms with Gasteiger partial charge in [0.25, 0.3) is 15.6 Å². The molecule has 1 amide bonds. The molecule has 9 heteroatoms. The minimum atomic E-state index is -3.71. The molecule has 2 aromatic rings. The van der Waals surface area contributed by atoms with E-state index in [0.717, 1.165) is 19.3 Å². The molecular formula is C19H22N4O4S. The van der Waals surface area contributed by atoms with E-state index in [0.29, 0.717) is 24.5 Å². The maximum absolute atomic E-state index is 12.5. The molecule has 1 aliphatic rings. The molecule has 2 heterocycles. The number of aliphatic imine (C=N–C) groups is 1. The molecule has 0 atom stereocenters. The third-order valence-corrected chi connectivity index (χ3v) is 5.68. The number of aromatic nitrogens is 1. The lowest BCUT2D eigenvalue weighted by atomic mass is 10.2. The molecule has 28 heavy (non-hydrogen) atoms. The molecule has 0 saturated heterocycles. The van der Waals surface area contributed by atoms with E-state index in [9.17, 15) is 18.0 Å². The van der Waals surface area contributed by atoms with Crippen molar-refractivity contribution in [2.75, 3.05) is 11.9 Å². The van der Waals surface area contributed by atoms with Crippen molar-refractivity contribution in [2.24, 2.45) is 4.99 Å². The molecule has 1 aromatic carbocycles. The predicted octanol–water partition coefficient (Wildman–Crippen LogP) is 1.74. The summed E-state index contributed by atoms with van der Waals surface area (Å²) in [5.74, 6) is 0.109. The Morgan fingerprint density at radius 1 is 1.07 bits per heavy atom. The van der Waals surface area contributed by atoms with Gasteiger partial charge in [-0.3, -0.25) is 19.3 Å².